The third kappa shape index (κ3) is 3.52. The van der Waals surface area contributed by atoms with Gasteiger partial charge in [0.25, 0.3) is 5.91 Å². The fourth-order valence-electron chi connectivity index (χ4n) is 1.71. The van der Waals surface area contributed by atoms with Crippen LogP contribution in [0.2, 0.25) is 0 Å². The first-order valence-electron chi connectivity index (χ1n) is 6.33. The second kappa shape index (κ2) is 6.77. The molecule has 1 amide bonds. The fourth-order valence-corrected chi connectivity index (χ4v) is 3.39. The molecule has 1 aromatic carbocycles. The lowest BCUT2D eigenvalue weighted by molar-refractivity contribution is 0.103. The molecule has 0 fully saturated rings. The van der Waals surface area contributed by atoms with Crippen molar-refractivity contribution in [1.82, 2.24) is 0 Å². The van der Waals surface area contributed by atoms with Crippen LogP contribution in [0, 0.1) is 13.8 Å². The maximum Gasteiger partial charge on any atom is 0.265 e. The molecule has 1 heterocycles. The number of nitrogens with one attached hydrogen (secondary N) is 1. The van der Waals surface area contributed by atoms with Gasteiger partial charge >= 0.3 is 0 Å². The van der Waals surface area contributed by atoms with Crippen LogP contribution >= 0.6 is 23.1 Å². The monoisotopic (exact) mass is 303 g/mol. The smallest absolute Gasteiger partial charge is 0.265 e. The molecule has 4 heteroatoms. The molecule has 0 unspecified atom stereocenters. The van der Waals surface area contributed by atoms with Gasteiger partial charge in [-0.05, 0) is 37.6 Å². The Morgan fingerprint density at radius 2 is 2.15 bits per heavy atom. The molecule has 1 aromatic heterocycles. The zero-order valence-corrected chi connectivity index (χ0v) is 13.2. The van der Waals surface area contributed by atoms with Crippen LogP contribution in [0.15, 0.2) is 47.9 Å². The second-order valence-electron chi connectivity index (χ2n) is 4.40. The van der Waals surface area contributed by atoms with Crippen LogP contribution in [-0.2, 0) is 0 Å². The standard InChI is InChI=1S/C16H17NOS2/c1-4-9-19-14-8-6-5-7-13(14)17-16(18)15-10-11(2)12(3)20-15/h4-8,10H,1,9H2,2-3H3,(H,17,18). The number of thiophene rings is 1. The Hall–Kier alpha value is -1.52. The average molecular weight is 303 g/mol. The summed E-state index contributed by atoms with van der Waals surface area (Å²) in [5, 5.41) is 2.99. The molecular formula is C16H17NOS2. The summed E-state index contributed by atoms with van der Waals surface area (Å²) in [4.78, 5) is 15.3. The van der Waals surface area contributed by atoms with Gasteiger partial charge in [0.05, 0.1) is 10.6 Å². The van der Waals surface area contributed by atoms with Gasteiger partial charge < -0.3 is 5.32 Å². The molecule has 0 saturated carbocycles. The topological polar surface area (TPSA) is 29.1 Å². The first-order valence-corrected chi connectivity index (χ1v) is 8.13. The van der Waals surface area contributed by atoms with E-state index in [9.17, 15) is 4.79 Å². The third-order valence-electron chi connectivity index (χ3n) is 2.88. The number of rotatable bonds is 5. The quantitative estimate of drug-likeness (QED) is 0.629. The molecule has 0 aliphatic rings. The molecular weight excluding hydrogens is 286 g/mol. The van der Waals surface area contributed by atoms with Crippen molar-refractivity contribution in [3.05, 3.63) is 58.3 Å². The summed E-state index contributed by atoms with van der Waals surface area (Å²) in [6, 6.07) is 9.78. The number of carbonyl (C=O) groups is 1. The Labute approximate surface area is 127 Å². The second-order valence-corrected chi connectivity index (χ2v) is 6.72. The van der Waals surface area contributed by atoms with Gasteiger partial charge in [-0.15, -0.1) is 29.7 Å². The van der Waals surface area contributed by atoms with Gasteiger partial charge in [-0.3, -0.25) is 4.79 Å². The van der Waals surface area contributed by atoms with Gasteiger partial charge in [0.1, 0.15) is 0 Å². The Morgan fingerprint density at radius 3 is 2.80 bits per heavy atom. The lowest BCUT2D eigenvalue weighted by atomic mass is 10.2. The third-order valence-corrected chi connectivity index (χ3v) is 5.10. The highest BCUT2D eigenvalue weighted by molar-refractivity contribution is 7.99. The van der Waals surface area contributed by atoms with E-state index in [1.54, 1.807) is 11.8 Å². The van der Waals surface area contributed by atoms with Gasteiger partial charge in [-0.2, -0.15) is 0 Å². The maximum atomic E-state index is 12.3. The van der Waals surface area contributed by atoms with Crippen molar-refractivity contribution in [3.63, 3.8) is 0 Å². The molecule has 0 spiro atoms. The number of amides is 1. The lowest BCUT2D eigenvalue weighted by Crippen LogP contribution is -2.10. The van der Waals surface area contributed by atoms with Crippen LogP contribution in [0.3, 0.4) is 0 Å². The van der Waals surface area contributed by atoms with E-state index in [0.29, 0.717) is 0 Å². The predicted molar refractivity (Wildman–Crippen MR) is 89.1 cm³/mol. The van der Waals surface area contributed by atoms with Crippen molar-refractivity contribution in [1.29, 1.82) is 0 Å². The summed E-state index contributed by atoms with van der Waals surface area (Å²) in [5.41, 5.74) is 2.02. The molecule has 0 saturated heterocycles. The highest BCUT2D eigenvalue weighted by atomic mass is 32.2. The van der Waals surface area contributed by atoms with E-state index >= 15 is 0 Å². The normalized spacial score (nSPS) is 10.3. The van der Waals surface area contributed by atoms with Crippen molar-refractivity contribution < 1.29 is 4.79 Å². The highest BCUT2D eigenvalue weighted by Gasteiger charge is 2.12. The fraction of sp³-hybridized carbons (Fsp3) is 0.188. The molecule has 0 aliphatic carbocycles. The van der Waals surface area contributed by atoms with E-state index in [1.807, 2.05) is 50.3 Å². The van der Waals surface area contributed by atoms with E-state index in [0.717, 1.165) is 26.8 Å². The van der Waals surface area contributed by atoms with Crippen LogP contribution in [0.1, 0.15) is 20.1 Å². The molecule has 2 aromatic rings. The van der Waals surface area contributed by atoms with Crippen LogP contribution in [0.4, 0.5) is 5.69 Å². The lowest BCUT2D eigenvalue weighted by Gasteiger charge is -2.09. The van der Waals surface area contributed by atoms with Crippen LogP contribution in [0.5, 0.6) is 0 Å². The molecule has 2 rings (SSSR count). The van der Waals surface area contributed by atoms with Crippen molar-refractivity contribution in [2.24, 2.45) is 0 Å². The molecule has 20 heavy (non-hydrogen) atoms. The highest BCUT2D eigenvalue weighted by Crippen LogP contribution is 2.28. The number of thioether (sulfide) groups is 1. The number of hydrogen-bond donors (Lipinski definition) is 1. The molecule has 2 nitrogen and oxygen atoms in total. The Kier molecular flexibility index (Phi) is 5.04. The van der Waals surface area contributed by atoms with E-state index in [-0.39, 0.29) is 5.91 Å². The van der Waals surface area contributed by atoms with Gasteiger partial charge in [0, 0.05) is 15.5 Å². The summed E-state index contributed by atoms with van der Waals surface area (Å²) >= 11 is 3.19. The Bertz CT molecular complexity index is 612. The number of carbonyl (C=O) groups excluding carboxylic acids is 1. The molecule has 104 valence electrons. The first kappa shape index (κ1) is 14.9. The molecule has 0 atom stereocenters. The minimum absolute atomic E-state index is 0.0437. The number of anilines is 1. The summed E-state index contributed by atoms with van der Waals surface area (Å²) in [7, 11) is 0. The van der Waals surface area contributed by atoms with E-state index in [2.05, 4.69) is 11.9 Å². The summed E-state index contributed by atoms with van der Waals surface area (Å²) in [5.74, 6) is 0.780. The average Bonchev–Trinajstić information content (AvgIpc) is 2.78. The van der Waals surface area contributed by atoms with Crippen molar-refractivity contribution in [2.75, 3.05) is 11.1 Å². The zero-order chi connectivity index (χ0) is 14.5. The van der Waals surface area contributed by atoms with E-state index in [1.165, 1.54) is 16.2 Å². The first-order chi connectivity index (χ1) is 9.61. The summed E-state index contributed by atoms with van der Waals surface area (Å²) in [6.07, 6.45) is 1.86. The Morgan fingerprint density at radius 1 is 1.40 bits per heavy atom. The number of benzene rings is 1. The molecule has 0 aliphatic heterocycles. The van der Waals surface area contributed by atoms with Gasteiger partial charge in [-0.25, -0.2) is 0 Å². The van der Waals surface area contributed by atoms with Crippen molar-refractivity contribution >= 4 is 34.7 Å². The minimum atomic E-state index is -0.0437. The number of aryl methyl sites for hydroxylation is 2. The number of hydrogen-bond acceptors (Lipinski definition) is 3. The van der Waals surface area contributed by atoms with Crippen molar-refractivity contribution in [2.45, 2.75) is 18.7 Å². The molecule has 1 N–H and O–H groups in total. The minimum Gasteiger partial charge on any atom is -0.320 e. The SMILES string of the molecule is C=CCSc1ccccc1NC(=O)c1cc(C)c(C)s1. The van der Waals surface area contributed by atoms with Crippen LogP contribution in [-0.4, -0.2) is 11.7 Å². The van der Waals surface area contributed by atoms with Crippen LogP contribution in [0.25, 0.3) is 0 Å². The predicted octanol–water partition coefficient (Wildman–Crippen LogP) is 4.90. The zero-order valence-electron chi connectivity index (χ0n) is 11.6. The maximum absolute atomic E-state index is 12.3. The van der Waals surface area contributed by atoms with Gasteiger partial charge in [0.2, 0.25) is 0 Å². The molecule has 0 radical (unpaired) electrons. The van der Waals surface area contributed by atoms with E-state index in [4.69, 9.17) is 0 Å². The van der Waals surface area contributed by atoms with Crippen LogP contribution < -0.4 is 5.32 Å². The van der Waals surface area contributed by atoms with Gasteiger partial charge in [-0.1, -0.05) is 18.2 Å². The Balaban J connectivity index is 2.17. The largest absolute Gasteiger partial charge is 0.320 e. The number of para-hydroxylation sites is 1. The summed E-state index contributed by atoms with van der Waals surface area (Å²) in [6.45, 7) is 7.78. The van der Waals surface area contributed by atoms with Gasteiger partial charge in [0.15, 0.2) is 0 Å². The summed E-state index contributed by atoms with van der Waals surface area (Å²) < 4.78 is 0. The molecule has 0 bridgehead atoms. The van der Waals surface area contributed by atoms with Crippen molar-refractivity contribution in [3.8, 4) is 0 Å². The van der Waals surface area contributed by atoms with E-state index < -0.39 is 0 Å².